The molecule has 2 aliphatic rings. The van der Waals surface area contributed by atoms with Crippen molar-refractivity contribution in [2.45, 2.75) is 52.4 Å². The lowest BCUT2D eigenvalue weighted by Gasteiger charge is -2.29. The van der Waals surface area contributed by atoms with Crippen LogP contribution in [0.4, 0.5) is 17.1 Å². The Morgan fingerprint density at radius 1 is 0.414 bits per heavy atom. The maximum absolute atomic E-state index is 2.48. The van der Waals surface area contributed by atoms with Crippen molar-refractivity contribution in [2.75, 3.05) is 4.90 Å². The van der Waals surface area contributed by atoms with Crippen molar-refractivity contribution in [3.05, 3.63) is 197 Å². The number of aryl methyl sites for hydroxylation is 2. The summed E-state index contributed by atoms with van der Waals surface area (Å²) in [6.45, 7) is 14.0. The molecule has 0 spiro atoms. The zero-order valence-corrected chi connectivity index (χ0v) is 34.8. The van der Waals surface area contributed by atoms with Crippen molar-refractivity contribution in [1.29, 1.82) is 0 Å². The summed E-state index contributed by atoms with van der Waals surface area (Å²) >= 11 is 1.87. The Bertz CT molecular complexity index is 3140. The van der Waals surface area contributed by atoms with E-state index in [-0.39, 0.29) is 10.8 Å². The van der Waals surface area contributed by atoms with Gasteiger partial charge in [0.25, 0.3) is 0 Å². The third kappa shape index (κ3) is 5.14. The van der Waals surface area contributed by atoms with Crippen LogP contribution in [-0.2, 0) is 10.8 Å². The predicted octanol–water partition coefficient (Wildman–Crippen LogP) is 16.1. The fourth-order valence-corrected chi connectivity index (χ4v) is 11.4. The number of benzene rings is 8. The lowest BCUT2D eigenvalue weighted by molar-refractivity contribution is 0.659. The standard InChI is InChI=1S/C56H45NS/c1-34-29-35(2)53-45-33-39(23-27-47(45)56(5,6)49(53)30-34)37-13-11-14-41(31-37)57(50-19-12-18-48-54(50)43-16-7-9-17-46(43)55(48,3)4)40-25-21-36(22-26-40)38-24-28-52-44(32-38)42-15-8-10-20-51(42)58-52/h7-33H,1-6H3. The molecule has 1 aromatic heterocycles. The van der Waals surface area contributed by atoms with Crippen LogP contribution in [0.3, 0.4) is 0 Å². The summed E-state index contributed by atoms with van der Waals surface area (Å²) < 4.78 is 2.66. The number of rotatable bonds is 5. The second-order valence-corrected chi connectivity index (χ2v) is 18.6. The highest BCUT2D eigenvalue weighted by Gasteiger charge is 2.38. The van der Waals surface area contributed by atoms with E-state index in [0.717, 1.165) is 11.4 Å². The molecule has 2 heteroatoms. The first-order valence-electron chi connectivity index (χ1n) is 20.5. The molecule has 280 valence electrons. The Hall–Kier alpha value is -6.22. The molecule has 1 nitrogen and oxygen atoms in total. The van der Waals surface area contributed by atoms with E-state index in [0.29, 0.717) is 0 Å². The van der Waals surface area contributed by atoms with E-state index < -0.39 is 0 Å². The molecule has 0 fully saturated rings. The van der Waals surface area contributed by atoms with E-state index in [1.54, 1.807) is 0 Å². The van der Waals surface area contributed by atoms with Crippen LogP contribution in [-0.4, -0.2) is 0 Å². The van der Waals surface area contributed by atoms with Gasteiger partial charge in [0.2, 0.25) is 0 Å². The largest absolute Gasteiger partial charge is 0.310 e. The van der Waals surface area contributed by atoms with Gasteiger partial charge in [0, 0.05) is 47.9 Å². The van der Waals surface area contributed by atoms with Crippen molar-refractivity contribution in [1.82, 2.24) is 0 Å². The van der Waals surface area contributed by atoms with Crippen LogP contribution in [0.15, 0.2) is 164 Å². The van der Waals surface area contributed by atoms with Gasteiger partial charge in [-0.2, -0.15) is 0 Å². The molecule has 11 rings (SSSR count). The van der Waals surface area contributed by atoms with Crippen LogP contribution in [0.1, 0.15) is 61.1 Å². The number of fused-ring (bicyclic) bond motifs is 9. The van der Waals surface area contributed by atoms with E-state index in [1.165, 1.54) is 104 Å². The van der Waals surface area contributed by atoms with E-state index in [4.69, 9.17) is 0 Å². The minimum Gasteiger partial charge on any atom is -0.310 e. The van der Waals surface area contributed by atoms with Gasteiger partial charge in [0.05, 0.1) is 5.69 Å². The van der Waals surface area contributed by atoms with Crippen LogP contribution < -0.4 is 4.90 Å². The highest BCUT2D eigenvalue weighted by Crippen LogP contribution is 2.55. The summed E-state index contributed by atoms with van der Waals surface area (Å²) in [6.07, 6.45) is 0. The monoisotopic (exact) mass is 763 g/mol. The summed E-state index contributed by atoms with van der Waals surface area (Å²) in [6, 6.07) is 61.8. The van der Waals surface area contributed by atoms with Gasteiger partial charge in [-0.3, -0.25) is 0 Å². The summed E-state index contributed by atoms with van der Waals surface area (Å²) in [5, 5.41) is 2.65. The first-order chi connectivity index (χ1) is 28.1. The molecule has 0 unspecified atom stereocenters. The molecule has 0 atom stereocenters. The van der Waals surface area contributed by atoms with Crippen LogP contribution in [0.25, 0.3) is 64.7 Å². The van der Waals surface area contributed by atoms with E-state index in [1.807, 2.05) is 11.3 Å². The molecular weight excluding hydrogens is 719 g/mol. The van der Waals surface area contributed by atoms with Gasteiger partial charge >= 0.3 is 0 Å². The van der Waals surface area contributed by atoms with Crippen LogP contribution in [0.2, 0.25) is 0 Å². The molecule has 0 saturated carbocycles. The molecule has 0 saturated heterocycles. The average Bonchev–Trinajstić information content (AvgIpc) is 3.80. The maximum Gasteiger partial charge on any atom is 0.0543 e. The Morgan fingerprint density at radius 3 is 1.93 bits per heavy atom. The molecular formula is C56H45NS. The first-order valence-corrected chi connectivity index (χ1v) is 21.3. The first kappa shape index (κ1) is 35.0. The minimum absolute atomic E-state index is 0.0359. The van der Waals surface area contributed by atoms with Crippen molar-refractivity contribution >= 4 is 48.6 Å². The predicted molar refractivity (Wildman–Crippen MR) is 249 cm³/mol. The quantitative estimate of drug-likeness (QED) is 0.169. The van der Waals surface area contributed by atoms with Gasteiger partial charge < -0.3 is 4.90 Å². The number of hydrogen-bond donors (Lipinski definition) is 0. The Morgan fingerprint density at radius 2 is 1.07 bits per heavy atom. The lowest BCUT2D eigenvalue weighted by atomic mass is 9.81. The molecule has 1 heterocycles. The lowest BCUT2D eigenvalue weighted by Crippen LogP contribution is -2.16. The minimum atomic E-state index is -0.102. The molecule has 58 heavy (non-hydrogen) atoms. The molecule has 2 aliphatic carbocycles. The average molecular weight is 764 g/mol. The molecule has 0 N–H and O–H groups in total. The SMILES string of the molecule is Cc1cc(C)c2c(c1)C(C)(C)c1ccc(-c3cccc(N(c4ccc(-c5ccc6sc7ccccc7c6c5)cc4)c4cccc5c4-c4ccccc4C5(C)C)c3)cc1-2. The number of anilines is 3. The highest BCUT2D eigenvalue weighted by atomic mass is 32.1. The van der Waals surface area contributed by atoms with Gasteiger partial charge in [0.1, 0.15) is 0 Å². The molecule has 8 aromatic carbocycles. The van der Waals surface area contributed by atoms with Gasteiger partial charge in [-0.25, -0.2) is 0 Å². The zero-order valence-electron chi connectivity index (χ0n) is 33.9. The van der Waals surface area contributed by atoms with Crippen molar-refractivity contribution in [3.8, 4) is 44.5 Å². The smallest absolute Gasteiger partial charge is 0.0543 e. The normalized spacial score (nSPS) is 14.3. The van der Waals surface area contributed by atoms with Crippen molar-refractivity contribution in [2.24, 2.45) is 0 Å². The molecule has 9 aromatic rings. The summed E-state index contributed by atoms with van der Waals surface area (Å²) in [4.78, 5) is 2.48. The summed E-state index contributed by atoms with van der Waals surface area (Å²) in [5.74, 6) is 0. The van der Waals surface area contributed by atoms with E-state index >= 15 is 0 Å². The third-order valence-electron chi connectivity index (χ3n) is 13.2. The molecule has 0 amide bonds. The Balaban J connectivity index is 1.06. The van der Waals surface area contributed by atoms with Crippen molar-refractivity contribution < 1.29 is 0 Å². The second kappa shape index (κ2) is 12.6. The van der Waals surface area contributed by atoms with Gasteiger partial charge in [0.15, 0.2) is 0 Å². The van der Waals surface area contributed by atoms with Gasteiger partial charge in [-0.1, -0.05) is 142 Å². The highest BCUT2D eigenvalue weighted by molar-refractivity contribution is 7.25. The number of thiophene rings is 1. The van der Waals surface area contributed by atoms with Gasteiger partial charge in [-0.05, 0) is 135 Å². The zero-order chi connectivity index (χ0) is 39.5. The fraction of sp³-hybridized carbons (Fsp3) is 0.143. The second-order valence-electron chi connectivity index (χ2n) is 17.5. The van der Waals surface area contributed by atoms with Crippen LogP contribution in [0.5, 0.6) is 0 Å². The molecule has 0 bridgehead atoms. The summed E-state index contributed by atoms with van der Waals surface area (Å²) in [7, 11) is 0. The van der Waals surface area contributed by atoms with Crippen molar-refractivity contribution in [3.63, 3.8) is 0 Å². The van der Waals surface area contributed by atoms with Crippen LogP contribution >= 0.6 is 11.3 Å². The van der Waals surface area contributed by atoms with Crippen LogP contribution in [0, 0.1) is 13.8 Å². The maximum atomic E-state index is 2.48. The summed E-state index contributed by atoms with van der Waals surface area (Å²) in [5.41, 5.74) is 21.9. The molecule has 0 aliphatic heterocycles. The Labute approximate surface area is 345 Å². The number of hydrogen-bond acceptors (Lipinski definition) is 2. The Kier molecular flexibility index (Phi) is 7.62. The van der Waals surface area contributed by atoms with Gasteiger partial charge in [-0.15, -0.1) is 11.3 Å². The fourth-order valence-electron chi connectivity index (χ4n) is 10.3. The van der Waals surface area contributed by atoms with E-state index in [9.17, 15) is 0 Å². The topological polar surface area (TPSA) is 3.24 Å². The molecule has 0 radical (unpaired) electrons. The number of nitrogens with zero attached hydrogens (tertiary/aromatic N) is 1. The van der Waals surface area contributed by atoms with E-state index in [2.05, 4.69) is 210 Å². The third-order valence-corrected chi connectivity index (χ3v) is 14.4.